The first kappa shape index (κ1) is 14.2. The summed E-state index contributed by atoms with van der Waals surface area (Å²) in [6.07, 6.45) is 1.62. The van der Waals surface area contributed by atoms with Gasteiger partial charge in [0.15, 0.2) is 0 Å². The molecule has 0 bridgehead atoms. The van der Waals surface area contributed by atoms with Gasteiger partial charge in [0.25, 0.3) is 0 Å². The minimum Gasteiger partial charge on any atom is -0.593 e. The molecule has 1 unspecified atom stereocenters. The summed E-state index contributed by atoms with van der Waals surface area (Å²) in [7, 11) is 0. The van der Waals surface area contributed by atoms with E-state index in [9.17, 15) is 4.55 Å². The maximum absolute atomic E-state index is 11.4. The van der Waals surface area contributed by atoms with E-state index in [0.29, 0.717) is 18.4 Å². The number of hydrogen-bond acceptors (Lipinski definition) is 4. The Balaban J connectivity index is 2.35. The molecule has 19 heavy (non-hydrogen) atoms. The number of aliphatic imine (C=N–C) groups is 1. The molecule has 1 aliphatic heterocycles. The van der Waals surface area contributed by atoms with E-state index in [-0.39, 0.29) is 6.04 Å². The van der Waals surface area contributed by atoms with Crippen LogP contribution in [0.4, 0.5) is 5.69 Å². The van der Waals surface area contributed by atoms with Gasteiger partial charge in [-0.2, -0.15) is 0 Å². The summed E-state index contributed by atoms with van der Waals surface area (Å²) in [5.74, 6) is 1.11. The van der Waals surface area contributed by atoms with Crippen LogP contribution in [0, 0.1) is 12.8 Å². The van der Waals surface area contributed by atoms with E-state index < -0.39 is 11.4 Å². The van der Waals surface area contributed by atoms with Crippen molar-refractivity contribution in [1.29, 1.82) is 0 Å². The molecule has 0 saturated carbocycles. The third kappa shape index (κ3) is 3.22. The first-order valence-corrected chi connectivity index (χ1v) is 7.95. The molecule has 1 aromatic carbocycles. The second-order valence-electron chi connectivity index (χ2n) is 5.11. The lowest BCUT2D eigenvalue weighted by Gasteiger charge is -2.14. The molecule has 1 N–H and O–H groups in total. The van der Waals surface area contributed by atoms with Gasteiger partial charge in [0, 0.05) is 0 Å². The monoisotopic (exact) mass is 280 g/mol. The first-order chi connectivity index (χ1) is 8.99. The number of nitrogens with zero attached hydrogens (tertiary/aromatic N) is 1. The van der Waals surface area contributed by atoms with Crippen LogP contribution in [0.3, 0.4) is 0 Å². The van der Waals surface area contributed by atoms with Gasteiger partial charge in [0.1, 0.15) is 12.9 Å². The summed E-state index contributed by atoms with van der Waals surface area (Å²) < 4.78 is 20.1. The fourth-order valence-corrected chi connectivity index (χ4v) is 2.56. The molecule has 0 aromatic heterocycles. The van der Waals surface area contributed by atoms with Gasteiger partial charge in [0.2, 0.25) is 5.90 Å². The van der Waals surface area contributed by atoms with Crippen molar-refractivity contribution in [1.82, 2.24) is 0 Å². The zero-order valence-electron chi connectivity index (χ0n) is 11.8. The molecular formula is C14H20N2O2S. The van der Waals surface area contributed by atoms with Crippen molar-refractivity contribution >= 4 is 22.9 Å². The van der Waals surface area contributed by atoms with E-state index in [2.05, 4.69) is 23.6 Å². The van der Waals surface area contributed by atoms with Crippen LogP contribution < -0.4 is 4.72 Å². The summed E-state index contributed by atoms with van der Waals surface area (Å²) in [6, 6.07) is 6.09. The topological polar surface area (TPSA) is 56.7 Å². The molecule has 0 radical (unpaired) electrons. The number of nitrogens with one attached hydrogen (secondary N) is 1. The zero-order chi connectivity index (χ0) is 14.0. The number of benzene rings is 1. The van der Waals surface area contributed by atoms with E-state index in [1.165, 1.54) is 0 Å². The van der Waals surface area contributed by atoms with Crippen molar-refractivity contribution in [3.05, 3.63) is 29.3 Å². The average molecular weight is 280 g/mol. The fourth-order valence-electron chi connectivity index (χ4n) is 2.00. The summed E-state index contributed by atoms with van der Waals surface area (Å²) in [6.45, 7) is 6.87. The summed E-state index contributed by atoms with van der Waals surface area (Å²) in [5, 5.41) is 0. The Labute approximate surface area is 117 Å². The van der Waals surface area contributed by atoms with Crippen LogP contribution in [0.25, 0.3) is 0 Å². The fraction of sp³-hybridized carbons (Fsp3) is 0.500. The van der Waals surface area contributed by atoms with E-state index in [0.717, 1.165) is 16.8 Å². The molecule has 1 heterocycles. The van der Waals surface area contributed by atoms with Gasteiger partial charge < -0.3 is 9.29 Å². The maximum Gasteiger partial charge on any atom is 0.218 e. The molecule has 2 rings (SSSR count). The Morgan fingerprint density at radius 3 is 2.79 bits per heavy atom. The highest BCUT2D eigenvalue weighted by molar-refractivity contribution is 7.92. The Morgan fingerprint density at radius 1 is 1.47 bits per heavy atom. The highest BCUT2D eigenvalue weighted by Gasteiger charge is 2.25. The van der Waals surface area contributed by atoms with Gasteiger partial charge in [-0.1, -0.05) is 26.0 Å². The highest BCUT2D eigenvalue weighted by Crippen LogP contribution is 2.26. The maximum atomic E-state index is 11.4. The van der Waals surface area contributed by atoms with Gasteiger partial charge in [-0.15, -0.1) is 0 Å². The molecule has 0 spiro atoms. The normalized spacial score (nSPS) is 20.1. The van der Waals surface area contributed by atoms with Gasteiger partial charge in [-0.25, -0.2) is 9.71 Å². The molecule has 0 aliphatic carbocycles. The van der Waals surface area contributed by atoms with Crippen molar-refractivity contribution in [2.75, 3.05) is 17.6 Å². The number of ether oxygens (including phenoxy) is 1. The van der Waals surface area contributed by atoms with Crippen LogP contribution in [-0.4, -0.2) is 29.4 Å². The van der Waals surface area contributed by atoms with Crippen LogP contribution in [0.2, 0.25) is 0 Å². The first-order valence-electron chi connectivity index (χ1n) is 6.39. The van der Waals surface area contributed by atoms with E-state index in [1.54, 1.807) is 6.26 Å². The average Bonchev–Trinajstić information content (AvgIpc) is 2.80. The standard InChI is InChI=1S/C14H20N2O2S/c1-9(2)12-8-18-14(15-12)11-7-5-6-10(3)13(11)16-19(4)17/h5-7,9,12,16H,8H2,1-4H3/t12-,19?/m1/s1. The van der Waals surface area contributed by atoms with Crippen LogP contribution in [0.1, 0.15) is 25.0 Å². The number of anilines is 1. The highest BCUT2D eigenvalue weighted by atomic mass is 32.2. The second-order valence-corrected chi connectivity index (χ2v) is 6.22. The third-order valence-corrected chi connectivity index (χ3v) is 3.68. The van der Waals surface area contributed by atoms with E-state index in [4.69, 9.17) is 4.74 Å². The second kappa shape index (κ2) is 5.84. The number of aryl methyl sites for hydroxylation is 1. The molecule has 0 amide bonds. The minimum atomic E-state index is -1.12. The number of rotatable bonds is 4. The van der Waals surface area contributed by atoms with Crippen molar-refractivity contribution in [3.63, 3.8) is 0 Å². The lowest BCUT2D eigenvalue weighted by Crippen LogP contribution is -2.15. The van der Waals surface area contributed by atoms with Gasteiger partial charge >= 0.3 is 0 Å². The number of para-hydroxylation sites is 1. The van der Waals surface area contributed by atoms with E-state index in [1.807, 2.05) is 25.1 Å². The Morgan fingerprint density at radius 2 is 2.21 bits per heavy atom. The molecule has 4 nitrogen and oxygen atoms in total. The molecule has 2 atom stereocenters. The van der Waals surface area contributed by atoms with Crippen LogP contribution in [-0.2, 0) is 16.1 Å². The molecule has 0 saturated heterocycles. The molecule has 104 valence electrons. The van der Waals surface area contributed by atoms with Gasteiger partial charge in [-0.3, -0.25) is 0 Å². The molecule has 0 fully saturated rings. The summed E-state index contributed by atoms with van der Waals surface area (Å²) >= 11 is -1.12. The minimum absolute atomic E-state index is 0.204. The smallest absolute Gasteiger partial charge is 0.218 e. The lowest BCUT2D eigenvalue weighted by molar-refractivity contribution is 0.292. The van der Waals surface area contributed by atoms with Crippen LogP contribution in [0.15, 0.2) is 23.2 Å². The summed E-state index contributed by atoms with van der Waals surface area (Å²) in [4.78, 5) is 4.62. The largest absolute Gasteiger partial charge is 0.593 e. The molecule has 1 aliphatic rings. The lowest BCUT2D eigenvalue weighted by atomic mass is 10.1. The SMILES string of the molecule is Cc1cccc(C2=N[C@@H](C(C)C)CO2)c1N[S+](C)[O-]. The van der Waals surface area contributed by atoms with Gasteiger partial charge in [0.05, 0.1) is 28.7 Å². The van der Waals surface area contributed by atoms with Gasteiger partial charge in [-0.05, 0) is 24.5 Å². The quantitative estimate of drug-likeness (QED) is 0.862. The Kier molecular flexibility index (Phi) is 4.37. The predicted molar refractivity (Wildman–Crippen MR) is 80.0 cm³/mol. The van der Waals surface area contributed by atoms with Crippen LogP contribution in [0.5, 0.6) is 0 Å². The molecule has 5 heteroatoms. The van der Waals surface area contributed by atoms with Crippen LogP contribution >= 0.6 is 0 Å². The van der Waals surface area contributed by atoms with Crippen molar-refractivity contribution in [2.24, 2.45) is 10.9 Å². The number of hydrogen-bond donors (Lipinski definition) is 1. The Hall–Kier alpha value is -1.20. The Bertz CT molecular complexity index is 486. The van der Waals surface area contributed by atoms with Crippen molar-refractivity contribution < 1.29 is 9.29 Å². The van der Waals surface area contributed by atoms with E-state index >= 15 is 0 Å². The van der Waals surface area contributed by atoms with Crippen molar-refractivity contribution in [2.45, 2.75) is 26.8 Å². The summed E-state index contributed by atoms with van der Waals surface area (Å²) in [5.41, 5.74) is 2.76. The zero-order valence-corrected chi connectivity index (χ0v) is 12.6. The molecular weight excluding hydrogens is 260 g/mol. The molecule has 1 aromatic rings. The predicted octanol–water partition coefficient (Wildman–Crippen LogP) is 2.50. The van der Waals surface area contributed by atoms with Crippen molar-refractivity contribution in [3.8, 4) is 0 Å². The third-order valence-electron chi connectivity index (χ3n) is 3.19.